The number of nitrogens with one attached hydrogen (secondary N) is 1. The van der Waals surface area contributed by atoms with E-state index < -0.39 is 11.6 Å². The molecule has 0 saturated carbocycles. The van der Waals surface area contributed by atoms with Gasteiger partial charge in [-0.2, -0.15) is 10.5 Å². The van der Waals surface area contributed by atoms with Gasteiger partial charge in [0.1, 0.15) is 0 Å². The van der Waals surface area contributed by atoms with Gasteiger partial charge in [-0.25, -0.2) is 0 Å². The van der Waals surface area contributed by atoms with Gasteiger partial charge in [-0.05, 0) is 67.8 Å². The fourth-order valence-corrected chi connectivity index (χ4v) is 4.35. The molecule has 32 heavy (non-hydrogen) atoms. The molecule has 5 heteroatoms. The molecule has 5 nitrogen and oxygen atoms in total. The molecular formula is C27H24N4O. The summed E-state index contributed by atoms with van der Waals surface area (Å²) in [6.07, 6.45) is 0.573. The summed E-state index contributed by atoms with van der Waals surface area (Å²) < 4.78 is 0. The zero-order chi connectivity index (χ0) is 22.7. The van der Waals surface area contributed by atoms with E-state index in [1.165, 1.54) is 0 Å². The molecule has 0 spiro atoms. The molecule has 4 rings (SSSR count). The van der Waals surface area contributed by atoms with Crippen LogP contribution in [0.3, 0.4) is 0 Å². The topological polar surface area (TPSA) is 79.9 Å². The van der Waals surface area contributed by atoms with Gasteiger partial charge in [0.25, 0.3) is 0 Å². The number of hydrogen-bond acceptors (Lipinski definition) is 4. The molecule has 1 amide bonds. The standard InChI is InChI=1S/C27H24N4O/c1-27(2,22-9-4-3-5-10-22)30-24-16-25(21-8-6-7-20(15-21)18-29)31(26(24)32)23-13-11-19(17-28)12-14-23/h3-15,24-25,30H,16H2,1-2H3/t24-,25-/m1/s1. The van der Waals surface area contributed by atoms with Crippen LogP contribution in [0.1, 0.15) is 48.6 Å². The van der Waals surface area contributed by atoms with Crippen molar-refractivity contribution in [3.63, 3.8) is 0 Å². The second kappa shape index (κ2) is 8.67. The van der Waals surface area contributed by atoms with Crippen molar-refractivity contribution in [1.82, 2.24) is 5.32 Å². The molecular weight excluding hydrogens is 396 g/mol. The predicted octanol–water partition coefficient (Wildman–Crippen LogP) is 4.80. The van der Waals surface area contributed by atoms with Gasteiger partial charge in [0.05, 0.1) is 35.3 Å². The van der Waals surface area contributed by atoms with E-state index in [0.29, 0.717) is 17.5 Å². The molecule has 0 aromatic heterocycles. The van der Waals surface area contributed by atoms with E-state index in [1.807, 2.05) is 48.5 Å². The third-order valence-corrected chi connectivity index (χ3v) is 6.01. The van der Waals surface area contributed by atoms with E-state index in [0.717, 1.165) is 16.8 Å². The second-order valence-corrected chi connectivity index (χ2v) is 8.54. The molecule has 1 N–H and O–H groups in total. The minimum Gasteiger partial charge on any atom is -0.304 e. The number of hydrogen-bond donors (Lipinski definition) is 1. The molecule has 1 aliphatic heterocycles. The van der Waals surface area contributed by atoms with E-state index >= 15 is 0 Å². The molecule has 1 aliphatic rings. The predicted molar refractivity (Wildman–Crippen MR) is 124 cm³/mol. The quantitative estimate of drug-likeness (QED) is 0.643. The van der Waals surface area contributed by atoms with Gasteiger partial charge in [-0.1, -0.05) is 42.5 Å². The molecule has 1 saturated heterocycles. The van der Waals surface area contributed by atoms with Crippen molar-refractivity contribution >= 4 is 11.6 Å². The van der Waals surface area contributed by atoms with Gasteiger partial charge < -0.3 is 4.90 Å². The van der Waals surface area contributed by atoms with Crippen LogP contribution in [0.4, 0.5) is 5.69 Å². The Morgan fingerprint density at radius 3 is 2.25 bits per heavy atom. The normalized spacial score (nSPS) is 18.2. The maximum absolute atomic E-state index is 13.6. The number of anilines is 1. The van der Waals surface area contributed by atoms with Gasteiger partial charge >= 0.3 is 0 Å². The zero-order valence-electron chi connectivity index (χ0n) is 18.1. The first-order chi connectivity index (χ1) is 15.4. The molecule has 3 aromatic rings. The second-order valence-electron chi connectivity index (χ2n) is 8.54. The molecule has 158 valence electrons. The van der Waals surface area contributed by atoms with Gasteiger partial charge in [-0.15, -0.1) is 0 Å². The number of carbonyl (C=O) groups excluding carboxylic acids is 1. The lowest BCUT2D eigenvalue weighted by molar-refractivity contribution is -0.119. The largest absolute Gasteiger partial charge is 0.304 e. The van der Waals surface area contributed by atoms with Crippen LogP contribution in [0.15, 0.2) is 78.9 Å². The average Bonchev–Trinajstić information content (AvgIpc) is 3.15. The minimum absolute atomic E-state index is 0.0222. The van der Waals surface area contributed by atoms with Crippen LogP contribution in [-0.2, 0) is 10.3 Å². The maximum Gasteiger partial charge on any atom is 0.244 e. The Labute approximate surface area is 188 Å². The summed E-state index contributed by atoms with van der Waals surface area (Å²) in [4.78, 5) is 15.4. The van der Waals surface area contributed by atoms with Gasteiger partial charge in [0.2, 0.25) is 5.91 Å². The number of nitrogens with zero attached hydrogens (tertiary/aromatic N) is 3. The summed E-state index contributed by atoms with van der Waals surface area (Å²) in [5.41, 5.74) is 3.47. The third kappa shape index (κ3) is 4.12. The Kier molecular flexibility index (Phi) is 5.77. The highest BCUT2D eigenvalue weighted by Crippen LogP contribution is 2.38. The SMILES string of the molecule is CC(C)(N[C@@H]1C[C@H](c2cccc(C#N)c2)N(c2ccc(C#N)cc2)C1=O)c1ccccc1. The van der Waals surface area contributed by atoms with Crippen LogP contribution in [0, 0.1) is 22.7 Å². The Morgan fingerprint density at radius 2 is 1.59 bits per heavy atom. The summed E-state index contributed by atoms with van der Waals surface area (Å²) in [6.45, 7) is 4.15. The molecule has 1 heterocycles. The van der Waals surface area contributed by atoms with E-state index in [2.05, 4.69) is 43.4 Å². The van der Waals surface area contributed by atoms with Crippen LogP contribution < -0.4 is 10.2 Å². The molecule has 2 atom stereocenters. The van der Waals surface area contributed by atoms with Crippen molar-refractivity contribution in [2.75, 3.05) is 4.90 Å². The van der Waals surface area contributed by atoms with Gasteiger partial charge in [-0.3, -0.25) is 10.1 Å². The summed E-state index contributed by atoms with van der Waals surface area (Å²) >= 11 is 0. The molecule has 0 radical (unpaired) electrons. The highest BCUT2D eigenvalue weighted by molar-refractivity contribution is 6.00. The van der Waals surface area contributed by atoms with Crippen molar-refractivity contribution in [3.05, 3.63) is 101 Å². The third-order valence-electron chi connectivity index (χ3n) is 6.01. The van der Waals surface area contributed by atoms with Gasteiger partial charge in [0, 0.05) is 11.2 Å². The number of benzene rings is 3. The maximum atomic E-state index is 13.6. The van der Waals surface area contributed by atoms with E-state index in [4.69, 9.17) is 5.26 Å². The molecule has 1 fully saturated rings. The summed E-state index contributed by atoms with van der Waals surface area (Å²) in [5, 5.41) is 22.1. The van der Waals surface area contributed by atoms with Crippen molar-refractivity contribution < 1.29 is 4.79 Å². The van der Waals surface area contributed by atoms with Crippen molar-refractivity contribution in [3.8, 4) is 12.1 Å². The molecule has 0 unspecified atom stereocenters. The zero-order valence-corrected chi connectivity index (χ0v) is 18.1. The molecule has 0 aliphatic carbocycles. The van der Waals surface area contributed by atoms with E-state index in [-0.39, 0.29) is 11.9 Å². The Morgan fingerprint density at radius 1 is 0.906 bits per heavy atom. The Bertz CT molecular complexity index is 1200. The first kappa shape index (κ1) is 21.3. The van der Waals surface area contributed by atoms with Crippen molar-refractivity contribution in [2.45, 2.75) is 37.9 Å². The molecule has 0 bridgehead atoms. The van der Waals surface area contributed by atoms with Gasteiger partial charge in [0.15, 0.2) is 0 Å². The smallest absolute Gasteiger partial charge is 0.244 e. The highest BCUT2D eigenvalue weighted by Gasteiger charge is 2.43. The minimum atomic E-state index is -0.401. The van der Waals surface area contributed by atoms with Crippen molar-refractivity contribution in [1.29, 1.82) is 10.5 Å². The lowest BCUT2D eigenvalue weighted by Crippen LogP contribution is -2.47. The lowest BCUT2D eigenvalue weighted by atomic mass is 9.92. The average molecular weight is 421 g/mol. The monoisotopic (exact) mass is 420 g/mol. The highest BCUT2D eigenvalue weighted by atomic mass is 16.2. The van der Waals surface area contributed by atoms with E-state index in [1.54, 1.807) is 23.1 Å². The van der Waals surface area contributed by atoms with Crippen molar-refractivity contribution in [2.24, 2.45) is 0 Å². The summed E-state index contributed by atoms with van der Waals surface area (Å²) in [7, 11) is 0. The Hall–Kier alpha value is -3.93. The van der Waals surface area contributed by atoms with Crippen LogP contribution in [0.5, 0.6) is 0 Å². The van der Waals surface area contributed by atoms with E-state index in [9.17, 15) is 10.1 Å². The number of carbonyl (C=O) groups is 1. The first-order valence-electron chi connectivity index (χ1n) is 10.6. The first-order valence-corrected chi connectivity index (χ1v) is 10.6. The fraction of sp³-hybridized carbons (Fsp3) is 0.222. The lowest BCUT2D eigenvalue weighted by Gasteiger charge is -2.30. The van der Waals surface area contributed by atoms with Crippen LogP contribution >= 0.6 is 0 Å². The number of nitriles is 2. The number of rotatable bonds is 5. The molecule has 3 aromatic carbocycles. The number of amides is 1. The van der Waals surface area contributed by atoms with Crippen LogP contribution in [-0.4, -0.2) is 11.9 Å². The van der Waals surface area contributed by atoms with Crippen LogP contribution in [0.2, 0.25) is 0 Å². The summed E-state index contributed by atoms with van der Waals surface area (Å²) in [5.74, 6) is -0.0222. The van der Waals surface area contributed by atoms with Crippen LogP contribution in [0.25, 0.3) is 0 Å². The summed E-state index contributed by atoms with van der Waals surface area (Å²) in [6, 6.07) is 28.3. The Balaban J connectivity index is 1.71. The fourth-order valence-electron chi connectivity index (χ4n) is 4.35.